The minimum absolute atomic E-state index is 0.139. The highest BCUT2D eigenvalue weighted by molar-refractivity contribution is 7.51. The fraction of sp³-hybridized carbons (Fsp3) is 0.375. The number of rotatable bonds is 10. The lowest BCUT2D eigenvalue weighted by molar-refractivity contribution is 0.149. The van der Waals surface area contributed by atoms with E-state index in [4.69, 9.17) is 40.5 Å². The van der Waals surface area contributed by atoms with Crippen LogP contribution in [0.25, 0.3) is 22.3 Å². The standard InChI is InChI=1S/2C8H12N5O4P/c2*9-7-6-8(11-3-10-7)13(4-12-6)1-2-17-5-18(14,15)16/h2*3-4H,1-2,5H2,(H2,9,10,11)(H2,14,15,16). The van der Waals surface area contributed by atoms with Crippen LogP contribution in [-0.2, 0) is 31.7 Å². The van der Waals surface area contributed by atoms with E-state index in [-0.39, 0.29) is 24.8 Å². The highest BCUT2D eigenvalue weighted by atomic mass is 31.2. The molecular weight excluding hydrogens is 522 g/mol. The minimum Gasteiger partial charge on any atom is -0.382 e. The van der Waals surface area contributed by atoms with E-state index in [9.17, 15) is 9.13 Å². The number of imidazole rings is 2. The fourth-order valence-electron chi connectivity index (χ4n) is 2.82. The zero-order valence-electron chi connectivity index (χ0n) is 18.6. The van der Waals surface area contributed by atoms with Gasteiger partial charge >= 0.3 is 15.2 Å². The molecule has 0 aliphatic carbocycles. The summed E-state index contributed by atoms with van der Waals surface area (Å²) in [7, 11) is -8.24. The Balaban J connectivity index is 0.000000201. The average molecular weight is 546 g/mol. The number of aromatic nitrogens is 8. The van der Waals surface area contributed by atoms with Crippen LogP contribution in [0.1, 0.15) is 0 Å². The largest absolute Gasteiger partial charge is 0.382 e. The molecule has 0 amide bonds. The molecule has 4 aromatic rings. The Morgan fingerprint density at radius 3 is 1.44 bits per heavy atom. The van der Waals surface area contributed by atoms with Crippen LogP contribution in [0.2, 0.25) is 0 Å². The molecule has 36 heavy (non-hydrogen) atoms. The SMILES string of the molecule is Nc1ncnc2c1ncn2CCOCP(=O)(O)O.Nc1ncnc2c1ncn2CCOCP(=O)(O)O. The molecule has 0 radical (unpaired) electrons. The molecule has 0 atom stereocenters. The van der Waals surface area contributed by atoms with Crippen molar-refractivity contribution in [3.63, 3.8) is 0 Å². The molecule has 20 heteroatoms. The molecule has 0 saturated heterocycles. The predicted octanol–water partition coefficient (Wildman–Crippen LogP) is -0.879. The number of fused-ring (bicyclic) bond motifs is 2. The summed E-state index contributed by atoms with van der Waals surface area (Å²) < 4.78 is 34.2. The lowest BCUT2D eigenvalue weighted by Crippen LogP contribution is -2.07. The lowest BCUT2D eigenvalue weighted by atomic mass is 10.5. The predicted molar refractivity (Wildman–Crippen MR) is 125 cm³/mol. The van der Waals surface area contributed by atoms with E-state index < -0.39 is 27.9 Å². The van der Waals surface area contributed by atoms with Crippen molar-refractivity contribution >= 4 is 49.2 Å². The average Bonchev–Trinajstić information content (AvgIpc) is 3.39. The van der Waals surface area contributed by atoms with E-state index >= 15 is 0 Å². The maximum Gasteiger partial charge on any atom is 0.350 e. The molecule has 0 bridgehead atoms. The number of ether oxygens (including phenoxy) is 2. The highest BCUT2D eigenvalue weighted by Gasteiger charge is 2.14. The van der Waals surface area contributed by atoms with Gasteiger partial charge in [-0.05, 0) is 0 Å². The lowest BCUT2D eigenvalue weighted by Gasteiger charge is -2.06. The van der Waals surface area contributed by atoms with Crippen molar-refractivity contribution in [2.45, 2.75) is 13.1 Å². The third-order valence-electron chi connectivity index (χ3n) is 4.33. The summed E-state index contributed by atoms with van der Waals surface area (Å²) in [6.45, 7) is 1.01. The normalized spacial score (nSPS) is 12.1. The van der Waals surface area contributed by atoms with E-state index in [0.29, 0.717) is 35.4 Å². The van der Waals surface area contributed by atoms with Crippen LogP contribution in [0.15, 0.2) is 25.3 Å². The Morgan fingerprint density at radius 2 is 1.08 bits per heavy atom. The van der Waals surface area contributed by atoms with Crippen LogP contribution in [0, 0.1) is 0 Å². The van der Waals surface area contributed by atoms with Gasteiger partial charge in [-0.3, -0.25) is 9.13 Å². The number of anilines is 2. The molecule has 8 N–H and O–H groups in total. The second-order valence-electron chi connectivity index (χ2n) is 7.14. The summed E-state index contributed by atoms with van der Waals surface area (Å²) in [5.41, 5.74) is 13.3. The zero-order chi connectivity index (χ0) is 26.3. The monoisotopic (exact) mass is 546 g/mol. The van der Waals surface area contributed by atoms with Crippen LogP contribution in [-0.4, -0.2) is 84.5 Å². The van der Waals surface area contributed by atoms with Crippen molar-refractivity contribution in [2.75, 3.05) is 37.4 Å². The van der Waals surface area contributed by atoms with Gasteiger partial charge in [-0.25, -0.2) is 29.9 Å². The molecule has 18 nitrogen and oxygen atoms in total. The van der Waals surface area contributed by atoms with Crippen LogP contribution in [0.3, 0.4) is 0 Å². The Hall–Kier alpha value is -3.08. The molecule has 196 valence electrons. The summed E-state index contributed by atoms with van der Waals surface area (Å²) >= 11 is 0. The van der Waals surface area contributed by atoms with Crippen molar-refractivity contribution in [3.05, 3.63) is 25.3 Å². The molecule has 4 aromatic heterocycles. The number of hydrogen-bond donors (Lipinski definition) is 6. The molecule has 4 heterocycles. The van der Waals surface area contributed by atoms with Gasteiger partial charge < -0.3 is 49.6 Å². The van der Waals surface area contributed by atoms with Gasteiger partial charge in [-0.1, -0.05) is 0 Å². The summed E-state index contributed by atoms with van der Waals surface area (Å²) in [4.78, 5) is 58.2. The van der Waals surface area contributed by atoms with Crippen molar-refractivity contribution in [1.29, 1.82) is 0 Å². The number of nitrogens with zero attached hydrogens (tertiary/aromatic N) is 8. The quantitative estimate of drug-likeness (QED) is 0.104. The van der Waals surface area contributed by atoms with Gasteiger partial charge in [0.25, 0.3) is 0 Å². The van der Waals surface area contributed by atoms with Crippen molar-refractivity contribution in [2.24, 2.45) is 0 Å². The van der Waals surface area contributed by atoms with Crippen molar-refractivity contribution in [3.8, 4) is 0 Å². The first-order valence-electron chi connectivity index (χ1n) is 10.0. The molecule has 0 saturated carbocycles. The maximum absolute atomic E-state index is 10.6. The van der Waals surface area contributed by atoms with Crippen LogP contribution >= 0.6 is 15.2 Å². The number of nitrogen functional groups attached to an aromatic ring is 2. The van der Waals surface area contributed by atoms with Crippen LogP contribution < -0.4 is 11.5 Å². The molecule has 0 aromatic carbocycles. The summed E-state index contributed by atoms with van der Waals surface area (Å²) in [6, 6.07) is 0. The van der Waals surface area contributed by atoms with Gasteiger partial charge in [0.1, 0.15) is 36.4 Å². The third-order valence-corrected chi connectivity index (χ3v) is 5.37. The van der Waals surface area contributed by atoms with Crippen LogP contribution in [0.4, 0.5) is 11.6 Å². The summed E-state index contributed by atoms with van der Waals surface area (Å²) in [5, 5.41) is 0. The Bertz CT molecular complexity index is 1290. The second kappa shape index (κ2) is 11.8. The third kappa shape index (κ3) is 7.97. The first-order chi connectivity index (χ1) is 16.9. The topological polar surface area (TPSA) is 273 Å². The summed E-state index contributed by atoms with van der Waals surface area (Å²) in [6.07, 6.45) is 4.50. The molecular formula is C16H24N10O8P2. The Morgan fingerprint density at radius 1 is 0.694 bits per heavy atom. The molecule has 0 aliphatic heterocycles. The fourth-order valence-corrected chi connectivity index (χ4v) is 3.55. The maximum atomic E-state index is 10.6. The van der Waals surface area contributed by atoms with Gasteiger partial charge in [-0.2, -0.15) is 0 Å². The first kappa shape index (κ1) is 27.5. The van der Waals surface area contributed by atoms with E-state index in [1.807, 2.05) is 0 Å². The molecule has 4 rings (SSSR count). The van der Waals surface area contributed by atoms with E-state index in [2.05, 4.69) is 29.9 Å². The van der Waals surface area contributed by atoms with Gasteiger partial charge in [0.05, 0.1) is 25.9 Å². The van der Waals surface area contributed by atoms with E-state index in [1.54, 1.807) is 9.13 Å². The highest BCUT2D eigenvalue weighted by Crippen LogP contribution is 2.34. The second-order valence-corrected chi connectivity index (χ2v) is 10.3. The van der Waals surface area contributed by atoms with Gasteiger partial charge in [0.15, 0.2) is 22.9 Å². The summed E-state index contributed by atoms with van der Waals surface area (Å²) in [5.74, 6) is 0.574. The number of nitrogens with two attached hydrogens (primary N) is 2. The van der Waals surface area contributed by atoms with Crippen molar-refractivity contribution in [1.82, 2.24) is 39.0 Å². The minimum atomic E-state index is -4.12. The van der Waals surface area contributed by atoms with E-state index in [0.717, 1.165) is 0 Å². The Kier molecular flexibility index (Phi) is 8.99. The Labute approximate surface area is 202 Å². The zero-order valence-corrected chi connectivity index (χ0v) is 20.4. The van der Waals surface area contributed by atoms with E-state index in [1.165, 1.54) is 25.3 Å². The first-order valence-corrected chi connectivity index (χ1v) is 13.6. The molecule has 0 fully saturated rings. The molecule has 0 unspecified atom stereocenters. The molecule has 0 aliphatic rings. The van der Waals surface area contributed by atoms with Crippen molar-refractivity contribution < 1.29 is 38.2 Å². The van der Waals surface area contributed by atoms with Crippen LogP contribution in [0.5, 0.6) is 0 Å². The van der Waals surface area contributed by atoms with Gasteiger partial charge in [0.2, 0.25) is 0 Å². The smallest absolute Gasteiger partial charge is 0.350 e. The molecule has 0 spiro atoms. The van der Waals surface area contributed by atoms with Gasteiger partial charge in [-0.15, -0.1) is 0 Å². The number of hydrogen-bond acceptors (Lipinski definition) is 12. The van der Waals surface area contributed by atoms with Gasteiger partial charge in [0, 0.05) is 13.1 Å².